The van der Waals surface area contributed by atoms with Crippen LogP contribution in [0.25, 0.3) is 0 Å². The van der Waals surface area contributed by atoms with E-state index in [-0.39, 0.29) is 5.92 Å². The fourth-order valence-electron chi connectivity index (χ4n) is 3.35. The molecule has 0 aliphatic heterocycles. The van der Waals surface area contributed by atoms with E-state index >= 15 is 0 Å². The molecule has 0 spiro atoms. The summed E-state index contributed by atoms with van der Waals surface area (Å²) < 4.78 is 5.85. The van der Waals surface area contributed by atoms with Gasteiger partial charge in [-0.25, -0.2) is 0 Å². The van der Waals surface area contributed by atoms with Crippen LogP contribution >= 0.6 is 11.6 Å². The second-order valence-electron chi connectivity index (χ2n) is 7.13. The highest BCUT2D eigenvalue weighted by atomic mass is 35.5. The summed E-state index contributed by atoms with van der Waals surface area (Å²) in [6.45, 7) is 4.92. The zero-order valence-corrected chi connectivity index (χ0v) is 17.1. The smallest absolute Gasteiger partial charge is 0.150 e. The van der Waals surface area contributed by atoms with Crippen LogP contribution in [-0.2, 0) is 0 Å². The van der Waals surface area contributed by atoms with E-state index in [2.05, 4.69) is 44.2 Å². The highest BCUT2D eigenvalue weighted by Gasteiger charge is 2.15. The maximum Gasteiger partial charge on any atom is 0.150 e. The molecular formula is C25H25ClO2. The number of ether oxygens (including phenoxy) is 1. The maximum absolute atomic E-state index is 10.7. The number of carbonyl (C=O) groups is 1. The van der Waals surface area contributed by atoms with Crippen LogP contribution in [0.1, 0.15) is 51.4 Å². The van der Waals surface area contributed by atoms with Crippen molar-refractivity contribution in [3.8, 4) is 5.75 Å². The van der Waals surface area contributed by atoms with Gasteiger partial charge in [0.05, 0.1) is 6.61 Å². The van der Waals surface area contributed by atoms with Crippen molar-refractivity contribution in [3.05, 3.63) is 99.6 Å². The Morgan fingerprint density at radius 3 is 2.36 bits per heavy atom. The number of benzene rings is 3. The number of aldehydes is 1. The van der Waals surface area contributed by atoms with Crippen LogP contribution < -0.4 is 4.74 Å². The van der Waals surface area contributed by atoms with E-state index in [9.17, 15) is 4.79 Å². The Balaban J connectivity index is 1.70. The van der Waals surface area contributed by atoms with Gasteiger partial charge in [-0.05, 0) is 85.3 Å². The van der Waals surface area contributed by atoms with Crippen LogP contribution in [0.15, 0.2) is 66.7 Å². The molecule has 3 aromatic carbocycles. The molecule has 0 aromatic heterocycles. The van der Waals surface area contributed by atoms with Crippen LogP contribution in [0.4, 0.5) is 0 Å². The van der Waals surface area contributed by atoms with E-state index in [1.54, 1.807) is 12.1 Å². The molecule has 3 heteroatoms. The number of hydrogen-bond donors (Lipinski definition) is 0. The molecule has 0 radical (unpaired) electrons. The van der Waals surface area contributed by atoms with Gasteiger partial charge >= 0.3 is 0 Å². The summed E-state index contributed by atoms with van der Waals surface area (Å²) in [5, 5.41) is 0.762. The van der Waals surface area contributed by atoms with E-state index in [0.717, 1.165) is 29.9 Å². The van der Waals surface area contributed by atoms with Gasteiger partial charge in [0.25, 0.3) is 0 Å². The van der Waals surface area contributed by atoms with E-state index in [1.807, 2.05) is 24.3 Å². The van der Waals surface area contributed by atoms with Crippen LogP contribution in [0, 0.1) is 13.8 Å². The van der Waals surface area contributed by atoms with E-state index in [0.29, 0.717) is 12.2 Å². The van der Waals surface area contributed by atoms with Gasteiger partial charge in [-0.15, -0.1) is 0 Å². The first-order valence-corrected chi connectivity index (χ1v) is 9.95. The van der Waals surface area contributed by atoms with Crippen LogP contribution in [0.2, 0.25) is 5.02 Å². The summed E-state index contributed by atoms with van der Waals surface area (Å²) in [7, 11) is 0. The third kappa shape index (κ3) is 5.24. The molecule has 0 bridgehead atoms. The van der Waals surface area contributed by atoms with Gasteiger partial charge in [0, 0.05) is 16.5 Å². The van der Waals surface area contributed by atoms with Gasteiger partial charge in [0.1, 0.15) is 12.0 Å². The molecule has 1 atom stereocenters. The lowest BCUT2D eigenvalue weighted by Crippen LogP contribution is -2.06. The number of carbonyl (C=O) groups excluding carboxylic acids is 1. The Bertz CT molecular complexity index is 932. The zero-order chi connectivity index (χ0) is 19.9. The average Bonchev–Trinajstić information content (AvgIpc) is 2.71. The molecule has 0 saturated heterocycles. The summed E-state index contributed by atoms with van der Waals surface area (Å²) in [5.41, 5.74) is 5.79. The largest absolute Gasteiger partial charge is 0.494 e. The fraction of sp³-hybridized carbons (Fsp3) is 0.240. The highest BCUT2D eigenvalue weighted by molar-refractivity contribution is 6.30. The van der Waals surface area contributed by atoms with Crippen molar-refractivity contribution in [3.63, 3.8) is 0 Å². The van der Waals surface area contributed by atoms with Crippen molar-refractivity contribution in [2.45, 2.75) is 32.6 Å². The second-order valence-corrected chi connectivity index (χ2v) is 7.57. The molecule has 0 heterocycles. The van der Waals surface area contributed by atoms with Crippen molar-refractivity contribution >= 4 is 17.9 Å². The molecule has 0 fully saturated rings. The Morgan fingerprint density at radius 1 is 0.929 bits per heavy atom. The highest BCUT2D eigenvalue weighted by Crippen LogP contribution is 2.32. The number of rotatable bonds is 8. The van der Waals surface area contributed by atoms with Crippen LogP contribution in [0.5, 0.6) is 5.75 Å². The van der Waals surface area contributed by atoms with Gasteiger partial charge in [0.2, 0.25) is 0 Å². The minimum Gasteiger partial charge on any atom is -0.494 e. The predicted molar refractivity (Wildman–Crippen MR) is 116 cm³/mol. The van der Waals surface area contributed by atoms with Crippen LogP contribution in [0.3, 0.4) is 0 Å². The van der Waals surface area contributed by atoms with Gasteiger partial charge in [0.15, 0.2) is 0 Å². The Hall–Kier alpha value is -2.58. The van der Waals surface area contributed by atoms with Crippen molar-refractivity contribution in [2.75, 3.05) is 6.61 Å². The SMILES string of the molecule is Cc1ccc([C@@H](CCCOc2ccc(C=O)cc2)c2cccc(Cl)c2)cc1C. The lowest BCUT2D eigenvalue weighted by atomic mass is 9.86. The molecule has 0 N–H and O–H groups in total. The van der Waals surface area contributed by atoms with Crippen molar-refractivity contribution in [1.29, 1.82) is 0 Å². The summed E-state index contributed by atoms with van der Waals surface area (Å²) in [6.07, 6.45) is 2.72. The lowest BCUT2D eigenvalue weighted by Gasteiger charge is -2.20. The molecule has 3 rings (SSSR count). The number of halogens is 1. The monoisotopic (exact) mass is 392 g/mol. The molecule has 3 aromatic rings. The predicted octanol–water partition coefficient (Wildman–Crippen LogP) is 6.76. The fourth-order valence-corrected chi connectivity index (χ4v) is 3.55. The zero-order valence-electron chi connectivity index (χ0n) is 16.3. The minimum atomic E-state index is 0.277. The normalized spacial score (nSPS) is 11.8. The molecule has 0 aliphatic rings. The average molecular weight is 393 g/mol. The molecule has 0 amide bonds. The molecule has 144 valence electrons. The summed E-state index contributed by atoms with van der Waals surface area (Å²) >= 11 is 6.25. The molecule has 0 aliphatic carbocycles. The van der Waals surface area contributed by atoms with E-state index in [1.165, 1.54) is 22.3 Å². The van der Waals surface area contributed by atoms with Crippen molar-refractivity contribution in [1.82, 2.24) is 0 Å². The standard InChI is InChI=1S/C25H25ClO2/c1-18-8-11-22(15-19(18)2)25(21-5-3-6-23(26)16-21)7-4-14-28-24-12-9-20(17-27)10-13-24/h3,5-6,8-13,15-17,25H,4,7,14H2,1-2H3/t25-/m0/s1. The summed E-state index contributed by atoms with van der Waals surface area (Å²) in [6, 6.07) is 22.0. The van der Waals surface area contributed by atoms with E-state index < -0.39 is 0 Å². The quantitative estimate of drug-likeness (QED) is 0.312. The number of hydrogen-bond acceptors (Lipinski definition) is 2. The second kappa shape index (κ2) is 9.57. The molecule has 2 nitrogen and oxygen atoms in total. The molecule has 0 unspecified atom stereocenters. The third-order valence-corrected chi connectivity index (χ3v) is 5.34. The first-order chi connectivity index (χ1) is 13.6. The number of aryl methyl sites for hydroxylation is 2. The van der Waals surface area contributed by atoms with Crippen molar-refractivity contribution in [2.24, 2.45) is 0 Å². The van der Waals surface area contributed by atoms with Crippen molar-refractivity contribution < 1.29 is 9.53 Å². The summed E-state index contributed by atoms with van der Waals surface area (Å²) in [5.74, 6) is 1.06. The lowest BCUT2D eigenvalue weighted by molar-refractivity contribution is 0.112. The topological polar surface area (TPSA) is 26.3 Å². The first kappa shape index (κ1) is 20.2. The van der Waals surface area contributed by atoms with Gasteiger partial charge in [-0.2, -0.15) is 0 Å². The Kier molecular flexibility index (Phi) is 6.89. The van der Waals surface area contributed by atoms with Crippen LogP contribution in [-0.4, -0.2) is 12.9 Å². The summed E-state index contributed by atoms with van der Waals surface area (Å²) in [4.78, 5) is 10.7. The molecule has 0 saturated carbocycles. The molecular weight excluding hydrogens is 368 g/mol. The Morgan fingerprint density at radius 2 is 1.68 bits per heavy atom. The van der Waals surface area contributed by atoms with E-state index in [4.69, 9.17) is 16.3 Å². The Labute approximate surface area is 172 Å². The third-order valence-electron chi connectivity index (χ3n) is 5.11. The molecule has 28 heavy (non-hydrogen) atoms. The maximum atomic E-state index is 10.7. The van der Waals surface area contributed by atoms with Gasteiger partial charge in [-0.3, -0.25) is 4.79 Å². The van der Waals surface area contributed by atoms with Gasteiger partial charge < -0.3 is 4.74 Å². The van der Waals surface area contributed by atoms with Gasteiger partial charge in [-0.1, -0.05) is 41.9 Å². The minimum absolute atomic E-state index is 0.277. The first-order valence-electron chi connectivity index (χ1n) is 9.57.